The van der Waals surface area contributed by atoms with E-state index < -0.39 is 27.0 Å². The molecule has 35 heavy (non-hydrogen) atoms. The van der Waals surface area contributed by atoms with Crippen LogP contribution in [-0.2, 0) is 10.0 Å². The summed E-state index contributed by atoms with van der Waals surface area (Å²) in [6.45, 7) is 9.50. The predicted molar refractivity (Wildman–Crippen MR) is 130 cm³/mol. The van der Waals surface area contributed by atoms with E-state index in [-0.39, 0.29) is 27.8 Å². The van der Waals surface area contributed by atoms with Crippen LogP contribution < -0.4 is 14.9 Å². The van der Waals surface area contributed by atoms with Gasteiger partial charge in [0.1, 0.15) is 4.90 Å². The molecule has 2 fully saturated rings. The van der Waals surface area contributed by atoms with Gasteiger partial charge >= 0.3 is 0 Å². The fourth-order valence-corrected chi connectivity index (χ4v) is 7.27. The summed E-state index contributed by atoms with van der Waals surface area (Å²) in [7, 11) is -3.86. The van der Waals surface area contributed by atoms with Crippen LogP contribution >= 0.6 is 11.3 Å². The Bertz CT molecular complexity index is 1350. The third-order valence-corrected chi connectivity index (χ3v) is 9.40. The van der Waals surface area contributed by atoms with E-state index in [0.717, 1.165) is 29.9 Å². The number of halogens is 2. The van der Waals surface area contributed by atoms with E-state index in [1.54, 1.807) is 16.7 Å². The Balaban J connectivity index is 1.64. The van der Waals surface area contributed by atoms with Crippen molar-refractivity contribution in [1.82, 2.24) is 29.6 Å². The Kier molecular flexibility index (Phi) is 6.09. The zero-order valence-electron chi connectivity index (χ0n) is 20.0. The standard InChI is InChI=1S/C22H29F2N7O2S2/c1-5-14-7-22(14,4)29-35(32,33)15-6-16(30-9-12(2)26-13(3)10-30)17-8-25-19(31(17)11-15)21-28-27-20(34-21)18(23)24/h6,8,11-14,18,26,29H,5,7,9-10H2,1-4H3/t12-,13-,14+,22-/m0/s1. The van der Waals surface area contributed by atoms with E-state index in [1.165, 1.54) is 6.20 Å². The Hall–Kier alpha value is -2.22. The Labute approximate surface area is 207 Å². The number of alkyl halides is 2. The average molecular weight is 526 g/mol. The van der Waals surface area contributed by atoms with Gasteiger partial charge < -0.3 is 10.2 Å². The minimum atomic E-state index is -3.86. The molecule has 0 aromatic carbocycles. The van der Waals surface area contributed by atoms with Gasteiger partial charge in [-0.3, -0.25) is 4.40 Å². The first-order valence-electron chi connectivity index (χ1n) is 11.7. The van der Waals surface area contributed by atoms with Crippen molar-refractivity contribution in [2.45, 2.75) is 69.5 Å². The summed E-state index contributed by atoms with van der Waals surface area (Å²) in [6, 6.07) is 2.09. The normalized spacial score (nSPS) is 27.2. The summed E-state index contributed by atoms with van der Waals surface area (Å²) in [5.74, 6) is 0.580. The van der Waals surface area contributed by atoms with E-state index in [1.807, 2.05) is 6.92 Å². The molecule has 0 amide bonds. The summed E-state index contributed by atoms with van der Waals surface area (Å²) in [5, 5.41) is 10.8. The van der Waals surface area contributed by atoms with Crippen LogP contribution in [0.15, 0.2) is 23.4 Å². The van der Waals surface area contributed by atoms with Crippen LogP contribution in [0, 0.1) is 5.92 Å². The first kappa shape index (κ1) is 24.5. The van der Waals surface area contributed by atoms with Crippen molar-refractivity contribution in [3.8, 4) is 10.8 Å². The van der Waals surface area contributed by atoms with Gasteiger partial charge in [-0.2, -0.15) is 0 Å². The van der Waals surface area contributed by atoms with Crippen LogP contribution in [0.3, 0.4) is 0 Å². The maximum absolute atomic E-state index is 13.5. The third-order valence-electron chi connectivity index (χ3n) is 6.89. The largest absolute Gasteiger partial charge is 0.367 e. The van der Waals surface area contributed by atoms with Gasteiger partial charge in [0.2, 0.25) is 10.0 Å². The number of imidazole rings is 1. The lowest BCUT2D eigenvalue weighted by Crippen LogP contribution is -2.54. The molecule has 1 saturated heterocycles. The van der Waals surface area contributed by atoms with Crippen LogP contribution in [0.1, 0.15) is 52.0 Å². The number of fused-ring (bicyclic) bond motifs is 1. The molecule has 0 radical (unpaired) electrons. The van der Waals surface area contributed by atoms with Gasteiger partial charge in [-0.15, -0.1) is 10.2 Å². The first-order valence-corrected chi connectivity index (χ1v) is 14.0. The minimum absolute atomic E-state index is 0.0969. The van der Waals surface area contributed by atoms with E-state index in [9.17, 15) is 17.2 Å². The van der Waals surface area contributed by atoms with Crippen molar-refractivity contribution in [3.63, 3.8) is 0 Å². The number of pyridine rings is 1. The molecule has 4 heterocycles. The summed E-state index contributed by atoms with van der Waals surface area (Å²) in [5.41, 5.74) is 0.931. The van der Waals surface area contributed by atoms with E-state index in [4.69, 9.17) is 0 Å². The second-order valence-electron chi connectivity index (χ2n) is 9.85. The van der Waals surface area contributed by atoms with E-state index in [0.29, 0.717) is 24.5 Å². The molecule has 3 aromatic rings. The molecule has 190 valence electrons. The molecule has 4 atom stereocenters. The quantitative estimate of drug-likeness (QED) is 0.487. The minimum Gasteiger partial charge on any atom is -0.367 e. The molecule has 13 heteroatoms. The van der Waals surface area contributed by atoms with Crippen molar-refractivity contribution in [2.24, 2.45) is 5.92 Å². The van der Waals surface area contributed by atoms with Gasteiger partial charge in [0.15, 0.2) is 15.8 Å². The number of hydrogen-bond acceptors (Lipinski definition) is 8. The molecular formula is C22H29F2N7O2S2. The SMILES string of the molecule is CC[C@@H]1C[C@]1(C)NS(=O)(=O)c1cc(N2C[C@H](C)N[C@@H](C)C2)c2cnc(-c3nnc(C(F)F)s3)n2c1. The van der Waals surface area contributed by atoms with Crippen molar-refractivity contribution >= 4 is 32.6 Å². The zero-order chi connectivity index (χ0) is 25.1. The number of hydrogen-bond donors (Lipinski definition) is 2. The number of piperazine rings is 1. The number of aromatic nitrogens is 4. The van der Waals surface area contributed by atoms with Gasteiger partial charge in [-0.1, -0.05) is 24.7 Å². The topological polar surface area (TPSA) is 105 Å². The van der Waals surface area contributed by atoms with Crippen molar-refractivity contribution in [2.75, 3.05) is 18.0 Å². The second kappa shape index (κ2) is 8.71. The Morgan fingerprint density at radius 2 is 2.00 bits per heavy atom. The molecule has 0 unspecified atom stereocenters. The Morgan fingerprint density at radius 3 is 2.60 bits per heavy atom. The van der Waals surface area contributed by atoms with Crippen molar-refractivity contribution in [3.05, 3.63) is 23.5 Å². The molecule has 2 N–H and O–H groups in total. The number of sulfonamides is 1. The highest BCUT2D eigenvalue weighted by Gasteiger charge is 2.51. The van der Waals surface area contributed by atoms with Gasteiger partial charge in [0.05, 0.1) is 17.4 Å². The van der Waals surface area contributed by atoms with Crippen molar-refractivity contribution < 1.29 is 17.2 Å². The molecular weight excluding hydrogens is 496 g/mol. The van der Waals surface area contributed by atoms with Crippen LogP contribution in [-0.4, -0.2) is 58.7 Å². The third kappa shape index (κ3) is 4.54. The number of anilines is 1. The highest BCUT2D eigenvalue weighted by Crippen LogP contribution is 2.46. The summed E-state index contributed by atoms with van der Waals surface area (Å²) < 4.78 is 57.8. The lowest BCUT2D eigenvalue weighted by atomic mass is 10.1. The number of rotatable bonds is 7. The summed E-state index contributed by atoms with van der Waals surface area (Å²) in [6.07, 6.45) is 2.08. The molecule has 2 aliphatic rings. The molecule has 1 saturated carbocycles. The molecule has 0 bridgehead atoms. The molecule has 5 rings (SSSR count). The van der Waals surface area contributed by atoms with Crippen LogP contribution in [0.4, 0.5) is 14.5 Å². The number of nitrogens with zero attached hydrogens (tertiary/aromatic N) is 5. The maximum Gasteiger partial charge on any atom is 0.291 e. The number of nitrogens with one attached hydrogen (secondary N) is 2. The van der Waals surface area contributed by atoms with Gasteiger partial charge in [0.25, 0.3) is 6.43 Å². The van der Waals surface area contributed by atoms with Gasteiger partial charge in [0, 0.05) is 36.9 Å². The lowest BCUT2D eigenvalue weighted by Gasteiger charge is -2.38. The average Bonchev–Trinajstić information content (AvgIpc) is 3.13. The molecule has 3 aromatic heterocycles. The van der Waals surface area contributed by atoms with E-state index >= 15 is 0 Å². The van der Waals surface area contributed by atoms with Crippen LogP contribution in [0.2, 0.25) is 0 Å². The highest BCUT2D eigenvalue weighted by atomic mass is 32.2. The van der Waals surface area contributed by atoms with Crippen molar-refractivity contribution in [1.29, 1.82) is 0 Å². The molecule has 0 spiro atoms. The lowest BCUT2D eigenvalue weighted by molar-refractivity contribution is 0.150. The summed E-state index contributed by atoms with van der Waals surface area (Å²) >= 11 is 0.748. The summed E-state index contributed by atoms with van der Waals surface area (Å²) in [4.78, 5) is 6.68. The highest BCUT2D eigenvalue weighted by molar-refractivity contribution is 7.89. The molecule has 1 aliphatic heterocycles. The zero-order valence-corrected chi connectivity index (χ0v) is 21.6. The first-order chi connectivity index (χ1) is 16.5. The molecule has 9 nitrogen and oxygen atoms in total. The Morgan fingerprint density at radius 1 is 1.29 bits per heavy atom. The predicted octanol–water partition coefficient (Wildman–Crippen LogP) is 3.44. The fraction of sp³-hybridized carbons (Fsp3) is 0.591. The smallest absolute Gasteiger partial charge is 0.291 e. The van der Waals surface area contributed by atoms with Crippen LogP contribution in [0.25, 0.3) is 16.3 Å². The van der Waals surface area contributed by atoms with E-state index in [2.05, 4.69) is 50.9 Å². The van der Waals surface area contributed by atoms with Gasteiger partial charge in [-0.05, 0) is 39.2 Å². The second-order valence-corrected chi connectivity index (χ2v) is 12.5. The maximum atomic E-state index is 13.5. The van der Waals surface area contributed by atoms with Crippen LogP contribution in [0.5, 0.6) is 0 Å². The molecule has 1 aliphatic carbocycles. The van der Waals surface area contributed by atoms with Gasteiger partial charge in [-0.25, -0.2) is 26.9 Å². The fourth-order valence-electron chi connectivity index (χ4n) is 5.09. The monoisotopic (exact) mass is 525 g/mol.